The third-order valence-electron chi connectivity index (χ3n) is 4.92. The van der Waals surface area contributed by atoms with Crippen LogP contribution in [0.2, 0.25) is 0 Å². The van der Waals surface area contributed by atoms with Gasteiger partial charge in [0, 0.05) is 20.0 Å². The summed E-state index contributed by atoms with van der Waals surface area (Å²) in [4.78, 5) is 43.1. The minimum Gasteiger partial charge on any atom is -0.478 e. The zero-order chi connectivity index (χ0) is 23.6. The van der Waals surface area contributed by atoms with Crippen LogP contribution in [0.15, 0.2) is 65.7 Å². The van der Waals surface area contributed by atoms with Gasteiger partial charge in [-0.1, -0.05) is 60.7 Å². The Hall–Kier alpha value is -3.72. The average Bonchev–Trinajstić information content (AvgIpc) is 2.75. The molecular formula is C23H29N5O4. The highest BCUT2D eigenvalue weighted by Gasteiger charge is 2.48. The van der Waals surface area contributed by atoms with Gasteiger partial charge in [0.15, 0.2) is 11.6 Å². The van der Waals surface area contributed by atoms with Gasteiger partial charge in [0.05, 0.1) is 6.42 Å². The van der Waals surface area contributed by atoms with Crippen molar-refractivity contribution in [3.05, 3.63) is 71.8 Å². The first-order valence-electron chi connectivity index (χ1n) is 10.2. The van der Waals surface area contributed by atoms with Crippen LogP contribution in [0.1, 0.15) is 30.9 Å². The number of rotatable bonds is 11. The summed E-state index contributed by atoms with van der Waals surface area (Å²) in [6.07, 6.45) is 0.0385. The van der Waals surface area contributed by atoms with E-state index in [0.717, 1.165) is 10.5 Å². The fourth-order valence-electron chi connectivity index (χ4n) is 3.45. The number of nitrogens with zero attached hydrogens (tertiary/aromatic N) is 2. The summed E-state index contributed by atoms with van der Waals surface area (Å²) in [5, 5.41) is 13.2. The summed E-state index contributed by atoms with van der Waals surface area (Å²) in [5.41, 5.74) is 10.2. The Morgan fingerprint density at radius 3 is 2.06 bits per heavy atom. The van der Waals surface area contributed by atoms with E-state index in [9.17, 15) is 19.5 Å². The van der Waals surface area contributed by atoms with Crippen LogP contribution in [-0.2, 0) is 27.3 Å². The van der Waals surface area contributed by atoms with Crippen LogP contribution in [0.25, 0.3) is 0 Å². The molecule has 0 fully saturated rings. The van der Waals surface area contributed by atoms with E-state index in [1.54, 1.807) is 24.3 Å². The van der Waals surface area contributed by atoms with Gasteiger partial charge in [0.2, 0.25) is 11.8 Å². The molecule has 0 aromatic heterocycles. The molecule has 0 bridgehead atoms. The first-order valence-corrected chi connectivity index (χ1v) is 10.2. The van der Waals surface area contributed by atoms with Crippen molar-refractivity contribution in [2.45, 2.75) is 38.4 Å². The van der Waals surface area contributed by atoms with E-state index in [2.05, 4.69) is 10.3 Å². The Morgan fingerprint density at radius 1 is 1.00 bits per heavy atom. The van der Waals surface area contributed by atoms with E-state index in [1.807, 2.05) is 36.4 Å². The van der Waals surface area contributed by atoms with Gasteiger partial charge in [-0.15, -0.1) is 0 Å². The monoisotopic (exact) mass is 439 g/mol. The number of aliphatic carboxylic acids is 1. The number of benzene rings is 2. The number of nitrogens with two attached hydrogens (primary N) is 2. The summed E-state index contributed by atoms with van der Waals surface area (Å²) in [6.45, 7) is 1.47. The van der Waals surface area contributed by atoms with Crippen LogP contribution in [-0.4, -0.2) is 46.0 Å². The molecule has 0 saturated carbocycles. The Bertz CT molecular complexity index is 945. The number of amides is 2. The molecule has 2 amide bonds. The van der Waals surface area contributed by atoms with Gasteiger partial charge in [-0.25, -0.2) is 4.79 Å². The van der Waals surface area contributed by atoms with E-state index < -0.39 is 23.4 Å². The van der Waals surface area contributed by atoms with Crippen LogP contribution in [0, 0.1) is 0 Å². The number of imide groups is 1. The van der Waals surface area contributed by atoms with Gasteiger partial charge in [-0.05, 0) is 24.0 Å². The lowest BCUT2D eigenvalue weighted by atomic mass is 9.98. The van der Waals surface area contributed by atoms with Gasteiger partial charge in [-0.2, -0.15) is 0 Å². The maximum Gasteiger partial charge on any atom is 0.345 e. The summed E-state index contributed by atoms with van der Waals surface area (Å²) < 4.78 is 0. The van der Waals surface area contributed by atoms with Crippen molar-refractivity contribution in [1.82, 2.24) is 10.2 Å². The molecule has 0 aliphatic heterocycles. The number of carboxylic acids is 1. The van der Waals surface area contributed by atoms with E-state index in [4.69, 9.17) is 11.5 Å². The minimum atomic E-state index is -1.97. The maximum absolute atomic E-state index is 13.2. The number of hydrogen-bond acceptors (Lipinski definition) is 5. The molecule has 0 aliphatic rings. The third-order valence-corrected chi connectivity index (χ3v) is 4.92. The zero-order valence-corrected chi connectivity index (χ0v) is 18.0. The molecule has 0 radical (unpaired) electrons. The van der Waals surface area contributed by atoms with Crippen LogP contribution < -0.4 is 16.8 Å². The lowest BCUT2D eigenvalue weighted by Crippen LogP contribution is -2.67. The van der Waals surface area contributed by atoms with Crippen molar-refractivity contribution in [2.24, 2.45) is 16.5 Å². The SMILES string of the molecule is CC(=O)N(C(=O)Cc1ccccc1)[C@](CCCN=C(N)N)(NCc1ccccc1)C(=O)O. The Morgan fingerprint density at radius 2 is 1.56 bits per heavy atom. The Balaban J connectivity index is 2.39. The largest absolute Gasteiger partial charge is 0.478 e. The molecule has 0 spiro atoms. The fraction of sp³-hybridized carbons (Fsp3) is 0.304. The number of nitrogens with one attached hydrogen (secondary N) is 1. The predicted octanol–water partition coefficient (Wildman–Crippen LogP) is 1.23. The first-order chi connectivity index (χ1) is 15.3. The average molecular weight is 440 g/mol. The van der Waals surface area contributed by atoms with E-state index in [-0.39, 0.29) is 38.3 Å². The highest BCUT2D eigenvalue weighted by atomic mass is 16.4. The lowest BCUT2D eigenvalue weighted by molar-refractivity contribution is -0.169. The number of carbonyl (C=O) groups excluding carboxylic acids is 2. The predicted molar refractivity (Wildman–Crippen MR) is 121 cm³/mol. The summed E-state index contributed by atoms with van der Waals surface area (Å²) in [7, 11) is 0. The maximum atomic E-state index is 13.2. The van der Waals surface area contributed by atoms with Crippen molar-refractivity contribution in [3.8, 4) is 0 Å². The molecule has 1 atom stereocenters. The summed E-state index contributed by atoms with van der Waals surface area (Å²) in [5.74, 6) is -2.74. The molecule has 9 nitrogen and oxygen atoms in total. The second-order valence-electron chi connectivity index (χ2n) is 7.33. The molecule has 2 aromatic rings. The standard InChI is InChI=1S/C23H29N5O4/c1-17(29)28(20(30)15-18-9-4-2-5-10-18)23(21(31)32,13-8-14-26-22(24)25)27-16-19-11-6-3-7-12-19/h2-7,9-12,27H,8,13-16H2,1H3,(H,31,32)(H4,24,25,26)/t23-/m0/s1. The van der Waals surface area contributed by atoms with Crippen LogP contribution in [0.5, 0.6) is 0 Å². The van der Waals surface area contributed by atoms with Gasteiger partial charge in [0.25, 0.3) is 0 Å². The normalized spacial score (nSPS) is 12.4. The van der Waals surface area contributed by atoms with Crippen molar-refractivity contribution in [1.29, 1.82) is 0 Å². The van der Waals surface area contributed by atoms with Crippen molar-refractivity contribution in [2.75, 3.05) is 6.54 Å². The fourth-order valence-corrected chi connectivity index (χ4v) is 3.45. The van der Waals surface area contributed by atoms with E-state index in [1.165, 1.54) is 6.92 Å². The lowest BCUT2D eigenvalue weighted by Gasteiger charge is -2.39. The van der Waals surface area contributed by atoms with Gasteiger partial charge in [-0.3, -0.25) is 24.8 Å². The molecule has 2 aromatic carbocycles. The topological polar surface area (TPSA) is 151 Å². The molecule has 0 aliphatic carbocycles. The van der Waals surface area contributed by atoms with Crippen LogP contribution in [0.3, 0.4) is 0 Å². The number of carboxylic acid groups (broad SMARTS) is 1. The van der Waals surface area contributed by atoms with Gasteiger partial charge in [0.1, 0.15) is 0 Å². The summed E-state index contributed by atoms with van der Waals surface area (Å²) >= 11 is 0. The second kappa shape index (κ2) is 11.6. The molecular weight excluding hydrogens is 410 g/mol. The third kappa shape index (κ3) is 6.64. The highest BCUT2D eigenvalue weighted by molar-refractivity contribution is 6.00. The molecule has 2 rings (SSSR count). The smallest absolute Gasteiger partial charge is 0.345 e. The van der Waals surface area contributed by atoms with Crippen molar-refractivity contribution in [3.63, 3.8) is 0 Å². The summed E-state index contributed by atoms with van der Waals surface area (Å²) in [6, 6.07) is 18.0. The molecule has 0 unspecified atom stereocenters. The Kier molecular flexibility index (Phi) is 8.91. The Labute approximate surface area is 187 Å². The van der Waals surface area contributed by atoms with Crippen LogP contribution >= 0.6 is 0 Å². The number of guanidine groups is 1. The highest BCUT2D eigenvalue weighted by Crippen LogP contribution is 2.23. The molecule has 9 heteroatoms. The number of aliphatic imine (C=N–C) groups is 1. The van der Waals surface area contributed by atoms with Crippen molar-refractivity contribution < 1.29 is 19.5 Å². The number of carbonyl (C=O) groups is 3. The molecule has 6 N–H and O–H groups in total. The molecule has 170 valence electrons. The first kappa shape index (κ1) is 24.5. The zero-order valence-electron chi connectivity index (χ0n) is 18.0. The minimum absolute atomic E-state index is 0.0773. The van der Waals surface area contributed by atoms with Crippen molar-refractivity contribution >= 4 is 23.7 Å². The van der Waals surface area contributed by atoms with Gasteiger partial charge < -0.3 is 16.6 Å². The molecule has 0 heterocycles. The van der Waals surface area contributed by atoms with Gasteiger partial charge >= 0.3 is 5.97 Å². The van der Waals surface area contributed by atoms with Crippen LogP contribution in [0.4, 0.5) is 0 Å². The molecule has 0 saturated heterocycles. The second-order valence-corrected chi connectivity index (χ2v) is 7.33. The molecule has 32 heavy (non-hydrogen) atoms. The quantitative estimate of drug-likeness (QED) is 0.178. The van der Waals surface area contributed by atoms with E-state index in [0.29, 0.717) is 5.56 Å². The van der Waals surface area contributed by atoms with E-state index >= 15 is 0 Å². The number of hydrogen-bond donors (Lipinski definition) is 4.